The zero-order valence-electron chi connectivity index (χ0n) is 11.8. The highest BCUT2D eigenvalue weighted by molar-refractivity contribution is 6.33. The summed E-state index contributed by atoms with van der Waals surface area (Å²) in [7, 11) is 0. The maximum Gasteiger partial charge on any atom is 0.250 e. The summed E-state index contributed by atoms with van der Waals surface area (Å²) >= 11 is 6.21. The van der Waals surface area contributed by atoms with Crippen molar-refractivity contribution in [1.82, 2.24) is 15.0 Å². The summed E-state index contributed by atoms with van der Waals surface area (Å²) < 4.78 is 0. The molecule has 1 aliphatic rings. The molecule has 2 aromatic heterocycles. The predicted octanol–water partition coefficient (Wildman–Crippen LogP) is 0.950. The fraction of sp³-hybridized carbons (Fsp3) is 0.286. The fourth-order valence-corrected chi connectivity index (χ4v) is 2.69. The van der Waals surface area contributed by atoms with Crippen LogP contribution < -0.4 is 15.5 Å². The summed E-state index contributed by atoms with van der Waals surface area (Å²) in [5, 5.41) is 0.434. The first-order valence-electron chi connectivity index (χ1n) is 6.86. The van der Waals surface area contributed by atoms with E-state index in [9.17, 15) is 4.79 Å². The average molecular weight is 319 g/mol. The van der Waals surface area contributed by atoms with Crippen molar-refractivity contribution in [3.8, 4) is 0 Å². The Kier molecular flexibility index (Phi) is 4.06. The molecule has 3 rings (SSSR count). The first-order valence-corrected chi connectivity index (χ1v) is 7.24. The third-order valence-corrected chi connectivity index (χ3v) is 3.84. The molecule has 0 radical (unpaired) electrons. The summed E-state index contributed by atoms with van der Waals surface area (Å²) in [4.78, 5) is 28.0. The van der Waals surface area contributed by atoms with Crippen LogP contribution >= 0.6 is 11.6 Å². The number of carbonyl (C=O) groups is 1. The molecular weight excluding hydrogens is 304 g/mol. The van der Waals surface area contributed by atoms with Crippen LogP contribution in [0.3, 0.4) is 0 Å². The second-order valence-corrected chi connectivity index (χ2v) is 5.34. The number of primary amides is 1. The van der Waals surface area contributed by atoms with Crippen molar-refractivity contribution in [3.63, 3.8) is 0 Å². The Labute approximate surface area is 132 Å². The van der Waals surface area contributed by atoms with E-state index in [2.05, 4.69) is 24.8 Å². The highest BCUT2D eigenvalue weighted by Gasteiger charge is 2.21. The van der Waals surface area contributed by atoms with E-state index in [1.165, 1.54) is 6.20 Å². The number of hydrogen-bond acceptors (Lipinski definition) is 6. The number of pyridine rings is 1. The van der Waals surface area contributed by atoms with Gasteiger partial charge in [0.15, 0.2) is 0 Å². The lowest BCUT2D eigenvalue weighted by molar-refractivity contribution is 0.1000. The monoisotopic (exact) mass is 318 g/mol. The Morgan fingerprint density at radius 1 is 1.09 bits per heavy atom. The van der Waals surface area contributed by atoms with Crippen LogP contribution in [0.1, 0.15) is 10.4 Å². The molecule has 1 fully saturated rings. The molecule has 1 aliphatic heterocycles. The molecule has 0 spiro atoms. The van der Waals surface area contributed by atoms with Crippen molar-refractivity contribution in [3.05, 3.63) is 41.4 Å². The standard InChI is InChI=1S/C14H15ClN6O/c15-11-7-10(13(16)22)8-19-14(11)21-5-3-20(4-6-21)12-9-17-1-2-18-12/h1-2,7-9H,3-6H2,(H2,16,22). The molecule has 0 atom stereocenters. The number of halogens is 1. The minimum absolute atomic E-state index is 0.312. The molecule has 0 aliphatic carbocycles. The van der Waals surface area contributed by atoms with Gasteiger partial charge in [0.05, 0.1) is 16.8 Å². The van der Waals surface area contributed by atoms with E-state index >= 15 is 0 Å². The second kappa shape index (κ2) is 6.15. The van der Waals surface area contributed by atoms with Gasteiger partial charge in [-0.05, 0) is 6.07 Å². The summed E-state index contributed by atoms with van der Waals surface area (Å²) in [5.74, 6) is 1.00. The molecule has 3 heterocycles. The molecule has 114 valence electrons. The number of rotatable bonds is 3. The number of piperazine rings is 1. The summed E-state index contributed by atoms with van der Waals surface area (Å²) in [6.45, 7) is 3.13. The number of nitrogens with two attached hydrogens (primary N) is 1. The third kappa shape index (κ3) is 2.94. The fourth-order valence-electron chi connectivity index (χ4n) is 2.40. The van der Waals surface area contributed by atoms with Gasteiger partial charge in [-0.25, -0.2) is 9.97 Å². The summed E-state index contributed by atoms with van der Waals surface area (Å²) in [5.41, 5.74) is 5.54. The molecule has 0 saturated carbocycles. The van der Waals surface area contributed by atoms with Gasteiger partial charge in [-0.1, -0.05) is 11.6 Å². The van der Waals surface area contributed by atoms with Gasteiger partial charge in [0.2, 0.25) is 5.91 Å². The third-order valence-electron chi connectivity index (χ3n) is 3.56. The average Bonchev–Trinajstić information content (AvgIpc) is 2.56. The number of anilines is 2. The molecule has 0 aromatic carbocycles. The number of aromatic nitrogens is 3. The first-order chi connectivity index (χ1) is 10.6. The van der Waals surface area contributed by atoms with Crippen LogP contribution in [0.2, 0.25) is 5.02 Å². The first kappa shape index (κ1) is 14.5. The van der Waals surface area contributed by atoms with Gasteiger partial charge in [-0.3, -0.25) is 9.78 Å². The molecule has 7 nitrogen and oxygen atoms in total. The second-order valence-electron chi connectivity index (χ2n) is 4.93. The van der Waals surface area contributed by atoms with E-state index in [4.69, 9.17) is 17.3 Å². The van der Waals surface area contributed by atoms with Gasteiger partial charge in [0.1, 0.15) is 11.6 Å². The number of amides is 1. The van der Waals surface area contributed by atoms with Crippen LogP contribution in [0, 0.1) is 0 Å². The van der Waals surface area contributed by atoms with Crippen LogP contribution in [0.25, 0.3) is 0 Å². The number of nitrogens with zero attached hydrogens (tertiary/aromatic N) is 5. The largest absolute Gasteiger partial charge is 0.366 e. The minimum Gasteiger partial charge on any atom is -0.366 e. The van der Waals surface area contributed by atoms with Gasteiger partial charge in [0, 0.05) is 44.8 Å². The van der Waals surface area contributed by atoms with Gasteiger partial charge in [-0.2, -0.15) is 0 Å². The highest BCUT2D eigenvalue weighted by atomic mass is 35.5. The molecule has 2 aromatic rings. The van der Waals surface area contributed by atoms with E-state index in [0.29, 0.717) is 16.4 Å². The maximum atomic E-state index is 11.1. The summed E-state index contributed by atoms with van der Waals surface area (Å²) in [6, 6.07) is 1.56. The zero-order chi connectivity index (χ0) is 15.5. The van der Waals surface area contributed by atoms with E-state index in [1.807, 2.05) is 0 Å². The van der Waals surface area contributed by atoms with Gasteiger partial charge in [-0.15, -0.1) is 0 Å². The van der Waals surface area contributed by atoms with Crippen molar-refractivity contribution in [2.24, 2.45) is 5.73 Å². The van der Waals surface area contributed by atoms with Gasteiger partial charge in [0.25, 0.3) is 0 Å². The highest BCUT2D eigenvalue weighted by Crippen LogP contribution is 2.25. The Bertz CT molecular complexity index is 672. The van der Waals surface area contributed by atoms with Crippen molar-refractivity contribution < 1.29 is 4.79 Å². The van der Waals surface area contributed by atoms with Crippen molar-refractivity contribution in [2.75, 3.05) is 36.0 Å². The molecule has 2 N–H and O–H groups in total. The lowest BCUT2D eigenvalue weighted by atomic mass is 10.2. The molecule has 8 heteroatoms. The quantitative estimate of drug-likeness (QED) is 0.906. The molecule has 0 unspecified atom stereocenters. The van der Waals surface area contributed by atoms with Crippen LogP contribution in [0.5, 0.6) is 0 Å². The van der Waals surface area contributed by atoms with Crippen LogP contribution in [0.4, 0.5) is 11.6 Å². The van der Waals surface area contributed by atoms with Crippen LogP contribution in [-0.4, -0.2) is 47.0 Å². The van der Waals surface area contributed by atoms with Gasteiger partial charge >= 0.3 is 0 Å². The Morgan fingerprint density at radius 3 is 2.41 bits per heavy atom. The molecule has 1 amide bonds. The zero-order valence-corrected chi connectivity index (χ0v) is 12.6. The Morgan fingerprint density at radius 2 is 1.82 bits per heavy atom. The molecule has 0 bridgehead atoms. The van der Waals surface area contributed by atoms with Crippen LogP contribution in [0.15, 0.2) is 30.9 Å². The van der Waals surface area contributed by atoms with E-state index in [0.717, 1.165) is 32.0 Å². The topological polar surface area (TPSA) is 88.2 Å². The van der Waals surface area contributed by atoms with Crippen molar-refractivity contribution in [1.29, 1.82) is 0 Å². The lowest BCUT2D eigenvalue weighted by Gasteiger charge is -2.36. The van der Waals surface area contributed by atoms with E-state index in [1.54, 1.807) is 24.7 Å². The van der Waals surface area contributed by atoms with Crippen molar-refractivity contribution >= 4 is 29.1 Å². The van der Waals surface area contributed by atoms with E-state index in [-0.39, 0.29) is 0 Å². The molecular formula is C14H15ClN6O. The SMILES string of the molecule is NC(=O)c1cnc(N2CCN(c3cnccn3)CC2)c(Cl)c1. The lowest BCUT2D eigenvalue weighted by Crippen LogP contribution is -2.47. The Balaban J connectivity index is 1.70. The minimum atomic E-state index is -0.534. The molecule has 1 saturated heterocycles. The predicted molar refractivity (Wildman–Crippen MR) is 84.2 cm³/mol. The van der Waals surface area contributed by atoms with Gasteiger partial charge < -0.3 is 15.5 Å². The smallest absolute Gasteiger partial charge is 0.250 e. The van der Waals surface area contributed by atoms with Crippen LogP contribution in [-0.2, 0) is 0 Å². The maximum absolute atomic E-state index is 11.1. The summed E-state index contributed by atoms with van der Waals surface area (Å²) in [6.07, 6.45) is 6.55. The molecule has 22 heavy (non-hydrogen) atoms. The Hall–Kier alpha value is -2.41. The number of carbonyl (C=O) groups excluding carboxylic acids is 1. The van der Waals surface area contributed by atoms with Crippen molar-refractivity contribution in [2.45, 2.75) is 0 Å². The number of hydrogen-bond donors (Lipinski definition) is 1. The normalized spacial score (nSPS) is 15.0. The van der Waals surface area contributed by atoms with E-state index < -0.39 is 5.91 Å².